The third-order valence-corrected chi connectivity index (χ3v) is 6.06. The van der Waals surface area contributed by atoms with Crippen molar-refractivity contribution in [1.82, 2.24) is 19.5 Å². The quantitative estimate of drug-likeness (QED) is 0.914. The Hall–Kier alpha value is -1.93. The number of rotatable bonds is 4. The number of H-pyrrole nitrogens is 1. The predicted octanol–water partition coefficient (Wildman–Crippen LogP) is 1.44. The van der Waals surface area contributed by atoms with E-state index < -0.39 is 10.0 Å². The van der Waals surface area contributed by atoms with Gasteiger partial charge in [-0.2, -0.15) is 9.40 Å². The Morgan fingerprint density at radius 3 is 2.61 bits per heavy atom. The molecule has 1 saturated heterocycles. The molecule has 0 amide bonds. The van der Waals surface area contributed by atoms with Gasteiger partial charge in [-0.15, -0.1) is 0 Å². The van der Waals surface area contributed by atoms with Crippen LogP contribution >= 0.6 is 0 Å². The standard InChI is InChI=1S/C15H21N5O2S/c1-19(2)15-5-3-4-14(18-15)12-6-8-20(9-7-12)23(21,22)13-10-16-17-11-13/h3-5,10-12H,6-9H2,1-2H3,(H,16,17). The summed E-state index contributed by atoms with van der Waals surface area (Å²) in [7, 11) is 0.494. The lowest BCUT2D eigenvalue weighted by Gasteiger charge is -2.30. The van der Waals surface area contributed by atoms with E-state index in [1.165, 1.54) is 16.7 Å². The zero-order chi connectivity index (χ0) is 16.4. The highest BCUT2D eigenvalue weighted by atomic mass is 32.2. The van der Waals surface area contributed by atoms with Gasteiger partial charge in [-0.3, -0.25) is 5.10 Å². The second-order valence-electron chi connectivity index (χ2n) is 5.93. The van der Waals surface area contributed by atoms with E-state index in [1.54, 1.807) is 0 Å². The molecule has 23 heavy (non-hydrogen) atoms. The van der Waals surface area contributed by atoms with Crippen molar-refractivity contribution < 1.29 is 8.42 Å². The Morgan fingerprint density at radius 1 is 1.26 bits per heavy atom. The zero-order valence-electron chi connectivity index (χ0n) is 13.3. The average molecular weight is 335 g/mol. The van der Waals surface area contributed by atoms with E-state index in [2.05, 4.69) is 15.2 Å². The van der Waals surface area contributed by atoms with Crippen molar-refractivity contribution in [2.45, 2.75) is 23.7 Å². The molecule has 0 saturated carbocycles. The molecule has 7 nitrogen and oxygen atoms in total. The van der Waals surface area contributed by atoms with Gasteiger partial charge in [0.1, 0.15) is 10.7 Å². The third-order valence-electron chi connectivity index (χ3n) is 4.20. The molecule has 1 aliphatic heterocycles. The van der Waals surface area contributed by atoms with Crippen LogP contribution in [-0.4, -0.2) is 55.1 Å². The second kappa shape index (κ2) is 6.29. The topological polar surface area (TPSA) is 82.2 Å². The number of piperidine rings is 1. The van der Waals surface area contributed by atoms with E-state index in [1.807, 2.05) is 37.2 Å². The summed E-state index contributed by atoms with van der Waals surface area (Å²) in [4.78, 5) is 6.88. The molecular formula is C15H21N5O2S. The molecule has 0 radical (unpaired) electrons. The van der Waals surface area contributed by atoms with Gasteiger partial charge in [0, 0.05) is 45.0 Å². The van der Waals surface area contributed by atoms with Crippen LogP contribution < -0.4 is 4.90 Å². The maximum Gasteiger partial charge on any atom is 0.246 e. The van der Waals surface area contributed by atoms with E-state index >= 15 is 0 Å². The van der Waals surface area contributed by atoms with Gasteiger partial charge >= 0.3 is 0 Å². The van der Waals surface area contributed by atoms with Crippen molar-refractivity contribution in [3.05, 3.63) is 36.3 Å². The summed E-state index contributed by atoms with van der Waals surface area (Å²) in [6.07, 6.45) is 4.33. The minimum absolute atomic E-state index is 0.226. The van der Waals surface area contributed by atoms with Crippen LogP contribution in [0.1, 0.15) is 24.5 Å². The van der Waals surface area contributed by atoms with Crippen LogP contribution in [0.2, 0.25) is 0 Å². The summed E-state index contributed by atoms with van der Waals surface area (Å²) in [6, 6.07) is 6.01. The minimum atomic E-state index is -3.43. The second-order valence-corrected chi connectivity index (χ2v) is 7.87. The van der Waals surface area contributed by atoms with Crippen molar-refractivity contribution in [1.29, 1.82) is 0 Å². The maximum absolute atomic E-state index is 12.5. The highest BCUT2D eigenvalue weighted by Crippen LogP contribution is 2.30. The van der Waals surface area contributed by atoms with E-state index in [-0.39, 0.29) is 4.90 Å². The molecule has 0 aromatic carbocycles. The normalized spacial score (nSPS) is 17.3. The number of aromatic nitrogens is 3. The zero-order valence-corrected chi connectivity index (χ0v) is 14.1. The summed E-state index contributed by atoms with van der Waals surface area (Å²) < 4.78 is 26.5. The molecule has 3 rings (SSSR count). The van der Waals surface area contributed by atoms with Gasteiger partial charge in [-0.25, -0.2) is 13.4 Å². The molecule has 2 aromatic rings. The highest BCUT2D eigenvalue weighted by Gasteiger charge is 2.31. The van der Waals surface area contributed by atoms with Gasteiger partial charge < -0.3 is 4.90 Å². The summed E-state index contributed by atoms with van der Waals surface area (Å²) in [5.74, 6) is 1.22. The first-order valence-corrected chi connectivity index (χ1v) is 9.05. The molecule has 8 heteroatoms. The third kappa shape index (κ3) is 3.23. The van der Waals surface area contributed by atoms with E-state index in [0.717, 1.165) is 24.4 Å². The van der Waals surface area contributed by atoms with Gasteiger partial charge in [0.25, 0.3) is 0 Å². The molecular weight excluding hydrogens is 314 g/mol. The number of nitrogens with zero attached hydrogens (tertiary/aromatic N) is 4. The molecule has 1 fully saturated rings. The number of hydrogen-bond acceptors (Lipinski definition) is 5. The van der Waals surface area contributed by atoms with Crippen molar-refractivity contribution in [2.75, 3.05) is 32.1 Å². The lowest BCUT2D eigenvalue weighted by molar-refractivity contribution is 0.317. The van der Waals surface area contributed by atoms with Crippen LogP contribution in [0.25, 0.3) is 0 Å². The Morgan fingerprint density at radius 2 is 2.00 bits per heavy atom. The first-order valence-electron chi connectivity index (χ1n) is 7.61. The molecule has 124 valence electrons. The molecule has 0 aliphatic carbocycles. The van der Waals surface area contributed by atoms with Crippen LogP contribution in [-0.2, 0) is 10.0 Å². The summed E-state index contributed by atoms with van der Waals surface area (Å²) in [5.41, 5.74) is 1.04. The van der Waals surface area contributed by atoms with Crippen molar-refractivity contribution >= 4 is 15.8 Å². The molecule has 0 bridgehead atoms. The number of sulfonamides is 1. The van der Waals surface area contributed by atoms with Gasteiger partial charge in [-0.1, -0.05) is 6.07 Å². The molecule has 0 unspecified atom stereocenters. The molecule has 1 N–H and O–H groups in total. The number of anilines is 1. The summed E-state index contributed by atoms with van der Waals surface area (Å²) in [5, 5.41) is 6.28. The van der Waals surface area contributed by atoms with Crippen molar-refractivity contribution in [2.24, 2.45) is 0 Å². The van der Waals surface area contributed by atoms with Crippen molar-refractivity contribution in [3.63, 3.8) is 0 Å². The highest BCUT2D eigenvalue weighted by molar-refractivity contribution is 7.89. The van der Waals surface area contributed by atoms with Crippen LogP contribution in [0.3, 0.4) is 0 Å². The lowest BCUT2D eigenvalue weighted by atomic mass is 9.94. The van der Waals surface area contributed by atoms with E-state index in [9.17, 15) is 8.42 Å². The van der Waals surface area contributed by atoms with E-state index in [0.29, 0.717) is 19.0 Å². The van der Waals surface area contributed by atoms with Crippen LogP contribution in [0.5, 0.6) is 0 Å². The fourth-order valence-electron chi connectivity index (χ4n) is 2.84. The van der Waals surface area contributed by atoms with Crippen LogP contribution in [0.15, 0.2) is 35.5 Å². The average Bonchev–Trinajstić information content (AvgIpc) is 3.10. The molecule has 0 atom stereocenters. The Kier molecular flexibility index (Phi) is 4.36. The van der Waals surface area contributed by atoms with Crippen molar-refractivity contribution in [3.8, 4) is 0 Å². The largest absolute Gasteiger partial charge is 0.363 e. The van der Waals surface area contributed by atoms with Gasteiger partial charge in [0.2, 0.25) is 10.0 Å². The molecule has 1 aliphatic rings. The number of nitrogens with one attached hydrogen (secondary N) is 1. The molecule has 3 heterocycles. The monoisotopic (exact) mass is 335 g/mol. The van der Waals surface area contributed by atoms with Crippen LogP contribution in [0.4, 0.5) is 5.82 Å². The van der Waals surface area contributed by atoms with Gasteiger partial charge in [0.05, 0.1) is 6.20 Å². The number of pyridine rings is 1. The fourth-order valence-corrected chi connectivity index (χ4v) is 4.21. The Bertz CT molecular complexity index is 750. The summed E-state index contributed by atoms with van der Waals surface area (Å²) in [6.45, 7) is 1.01. The smallest absolute Gasteiger partial charge is 0.246 e. The predicted molar refractivity (Wildman–Crippen MR) is 87.9 cm³/mol. The fraction of sp³-hybridized carbons (Fsp3) is 0.467. The number of aromatic amines is 1. The Balaban J connectivity index is 1.70. The lowest BCUT2D eigenvalue weighted by Crippen LogP contribution is -2.37. The van der Waals surface area contributed by atoms with Gasteiger partial charge in [0.15, 0.2) is 0 Å². The first-order chi connectivity index (χ1) is 11.0. The Labute approximate surface area is 136 Å². The first kappa shape index (κ1) is 15.9. The minimum Gasteiger partial charge on any atom is -0.363 e. The summed E-state index contributed by atoms with van der Waals surface area (Å²) >= 11 is 0. The SMILES string of the molecule is CN(C)c1cccc(C2CCN(S(=O)(=O)c3cn[nH]c3)CC2)n1. The maximum atomic E-state index is 12.5. The van der Waals surface area contributed by atoms with Gasteiger partial charge in [-0.05, 0) is 25.0 Å². The van der Waals surface area contributed by atoms with Crippen LogP contribution in [0, 0.1) is 0 Å². The van der Waals surface area contributed by atoms with E-state index in [4.69, 9.17) is 0 Å². The molecule has 2 aromatic heterocycles. The molecule has 0 spiro atoms. The number of hydrogen-bond donors (Lipinski definition) is 1.